The van der Waals surface area contributed by atoms with Crippen LogP contribution in [0.1, 0.15) is 31.6 Å². The van der Waals surface area contributed by atoms with Gasteiger partial charge in [-0.3, -0.25) is 4.79 Å². The van der Waals surface area contributed by atoms with Gasteiger partial charge >= 0.3 is 0 Å². The van der Waals surface area contributed by atoms with E-state index in [2.05, 4.69) is 4.98 Å². The summed E-state index contributed by atoms with van der Waals surface area (Å²) in [5.41, 5.74) is 0.386. The topological polar surface area (TPSA) is 48.4 Å². The van der Waals surface area contributed by atoms with Gasteiger partial charge in [-0.25, -0.2) is 4.98 Å². The van der Waals surface area contributed by atoms with Crippen LogP contribution < -0.4 is 9.47 Å². The average Bonchev–Trinajstić information content (AvgIpc) is 2.30. The average molecular weight is 213 g/mol. The van der Waals surface area contributed by atoms with E-state index < -0.39 is 0 Å². The van der Waals surface area contributed by atoms with Gasteiger partial charge in [0.1, 0.15) is 5.75 Å². The first kappa shape index (κ1) is 15.9. The van der Waals surface area contributed by atoms with E-state index in [1.165, 1.54) is 20.4 Å². The predicted molar refractivity (Wildman–Crippen MR) is 60.8 cm³/mol. The zero-order chi connectivity index (χ0) is 11.0. The van der Waals surface area contributed by atoms with Crippen molar-refractivity contribution in [3.05, 3.63) is 17.8 Å². The molecule has 1 rings (SSSR count). The SMILES string of the molecule is C.CC.COc1cnc(OC)c(C=O)c1. The molecule has 4 heteroatoms. The van der Waals surface area contributed by atoms with Gasteiger partial charge in [0.05, 0.1) is 26.0 Å². The van der Waals surface area contributed by atoms with Crippen molar-refractivity contribution in [3.8, 4) is 11.6 Å². The Morgan fingerprint density at radius 2 is 1.87 bits per heavy atom. The fraction of sp³-hybridized carbons (Fsp3) is 0.455. The van der Waals surface area contributed by atoms with E-state index in [9.17, 15) is 4.79 Å². The molecule has 0 unspecified atom stereocenters. The second kappa shape index (κ2) is 8.99. The first-order chi connectivity index (χ1) is 6.81. The fourth-order valence-electron chi connectivity index (χ4n) is 0.816. The molecule has 1 heterocycles. The van der Waals surface area contributed by atoms with Crippen molar-refractivity contribution in [2.45, 2.75) is 21.3 Å². The third kappa shape index (κ3) is 4.44. The van der Waals surface area contributed by atoms with E-state index in [0.29, 0.717) is 23.5 Å². The molecule has 0 N–H and O–H groups in total. The van der Waals surface area contributed by atoms with Crippen molar-refractivity contribution in [1.82, 2.24) is 4.98 Å². The van der Waals surface area contributed by atoms with Gasteiger partial charge in [-0.05, 0) is 6.07 Å². The van der Waals surface area contributed by atoms with E-state index in [1.54, 1.807) is 6.07 Å². The maximum absolute atomic E-state index is 10.5. The lowest BCUT2D eigenvalue weighted by Crippen LogP contribution is -1.95. The molecule has 0 spiro atoms. The quantitative estimate of drug-likeness (QED) is 0.724. The predicted octanol–water partition coefficient (Wildman–Crippen LogP) is 2.57. The van der Waals surface area contributed by atoms with Crippen LogP contribution in [0.2, 0.25) is 0 Å². The second-order valence-electron chi connectivity index (χ2n) is 2.09. The van der Waals surface area contributed by atoms with Gasteiger partial charge in [0, 0.05) is 0 Å². The van der Waals surface area contributed by atoms with Crippen LogP contribution in [0.3, 0.4) is 0 Å². The number of nitrogens with zero attached hydrogens (tertiary/aromatic N) is 1. The standard InChI is InChI=1S/C8H9NO3.C2H6.CH4/c1-11-7-3-6(5-10)8(12-2)9-4-7;1-2;/h3-5H,1-2H3;1-2H3;1H4. The number of hydrogen-bond acceptors (Lipinski definition) is 4. The Labute approximate surface area is 91.2 Å². The molecule has 0 atom stereocenters. The molecule has 0 saturated heterocycles. The summed E-state index contributed by atoms with van der Waals surface area (Å²) in [6, 6.07) is 1.57. The number of methoxy groups -OCH3 is 2. The molecule has 0 bridgehead atoms. The lowest BCUT2D eigenvalue weighted by atomic mass is 10.3. The molecule has 0 amide bonds. The van der Waals surface area contributed by atoms with Gasteiger partial charge in [0.2, 0.25) is 5.88 Å². The van der Waals surface area contributed by atoms with Gasteiger partial charge in [-0.2, -0.15) is 0 Å². The maximum atomic E-state index is 10.5. The van der Waals surface area contributed by atoms with Crippen LogP contribution in [0.4, 0.5) is 0 Å². The van der Waals surface area contributed by atoms with Crippen LogP contribution in [-0.4, -0.2) is 25.5 Å². The normalized spacial score (nSPS) is 7.73. The Hall–Kier alpha value is -1.58. The summed E-state index contributed by atoms with van der Waals surface area (Å²) < 4.78 is 9.72. The van der Waals surface area contributed by atoms with Gasteiger partial charge in [-0.1, -0.05) is 21.3 Å². The van der Waals surface area contributed by atoms with E-state index >= 15 is 0 Å². The number of carbonyl (C=O) groups is 1. The van der Waals surface area contributed by atoms with Gasteiger partial charge in [0.25, 0.3) is 0 Å². The summed E-state index contributed by atoms with van der Waals surface area (Å²) in [7, 11) is 2.97. The molecule has 0 aromatic carbocycles. The third-order valence-corrected chi connectivity index (χ3v) is 1.41. The molecule has 0 aliphatic heterocycles. The highest BCUT2D eigenvalue weighted by atomic mass is 16.5. The molecule has 0 radical (unpaired) electrons. The molecule has 4 nitrogen and oxygen atoms in total. The Morgan fingerprint density at radius 3 is 2.27 bits per heavy atom. The largest absolute Gasteiger partial charge is 0.495 e. The van der Waals surface area contributed by atoms with Crippen LogP contribution in [0, 0.1) is 0 Å². The minimum atomic E-state index is 0. The Balaban J connectivity index is 0. The van der Waals surface area contributed by atoms with E-state index in [0.717, 1.165) is 0 Å². The summed E-state index contributed by atoms with van der Waals surface area (Å²) in [6.07, 6.45) is 2.17. The molecule has 0 aliphatic carbocycles. The van der Waals surface area contributed by atoms with Crippen molar-refractivity contribution < 1.29 is 14.3 Å². The zero-order valence-electron chi connectivity index (χ0n) is 8.90. The highest BCUT2D eigenvalue weighted by Gasteiger charge is 2.04. The lowest BCUT2D eigenvalue weighted by molar-refractivity contribution is 0.111. The van der Waals surface area contributed by atoms with Crippen molar-refractivity contribution >= 4 is 6.29 Å². The second-order valence-corrected chi connectivity index (χ2v) is 2.09. The highest BCUT2D eigenvalue weighted by Crippen LogP contribution is 2.18. The van der Waals surface area contributed by atoms with Crippen LogP contribution >= 0.6 is 0 Å². The molecule has 0 saturated carbocycles. The number of aldehydes is 1. The lowest BCUT2D eigenvalue weighted by Gasteiger charge is -2.03. The first-order valence-corrected chi connectivity index (χ1v) is 4.35. The van der Waals surface area contributed by atoms with Gasteiger partial charge < -0.3 is 9.47 Å². The molecule has 86 valence electrons. The van der Waals surface area contributed by atoms with Crippen molar-refractivity contribution in [1.29, 1.82) is 0 Å². The Morgan fingerprint density at radius 1 is 1.27 bits per heavy atom. The van der Waals surface area contributed by atoms with Crippen LogP contribution in [0.25, 0.3) is 0 Å². The minimum Gasteiger partial charge on any atom is -0.495 e. The third-order valence-electron chi connectivity index (χ3n) is 1.41. The van der Waals surface area contributed by atoms with E-state index in [1.807, 2.05) is 13.8 Å². The van der Waals surface area contributed by atoms with Crippen molar-refractivity contribution in [2.24, 2.45) is 0 Å². The van der Waals surface area contributed by atoms with E-state index in [4.69, 9.17) is 9.47 Å². The summed E-state index contributed by atoms with van der Waals surface area (Å²) in [5, 5.41) is 0. The minimum absolute atomic E-state index is 0. The summed E-state index contributed by atoms with van der Waals surface area (Å²) >= 11 is 0. The van der Waals surface area contributed by atoms with Crippen molar-refractivity contribution in [2.75, 3.05) is 14.2 Å². The molecular formula is C11H19NO3. The number of carbonyl (C=O) groups excluding carboxylic acids is 1. The Bertz CT molecular complexity index is 287. The molecular weight excluding hydrogens is 194 g/mol. The fourth-order valence-corrected chi connectivity index (χ4v) is 0.816. The molecule has 1 aromatic heterocycles. The number of rotatable bonds is 3. The number of pyridine rings is 1. The first-order valence-electron chi connectivity index (χ1n) is 4.35. The van der Waals surface area contributed by atoms with Crippen LogP contribution in [-0.2, 0) is 0 Å². The van der Waals surface area contributed by atoms with Crippen molar-refractivity contribution in [3.63, 3.8) is 0 Å². The smallest absolute Gasteiger partial charge is 0.224 e. The van der Waals surface area contributed by atoms with Gasteiger partial charge in [-0.15, -0.1) is 0 Å². The number of ether oxygens (including phenoxy) is 2. The number of hydrogen-bond donors (Lipinski definition) is 0. The summed E-state index contributed by atoms with van der Waals surface area (Å²) in [6.45, 7) is 4.00. The molecule has 15 heavy (non-hydrogen) atoms. The molecule has 0 fully saturated rings. The monoisotopic (exact) mass is 213 g/mol. The van der Waals surface area contributed by atoms with Gasteiger partial charge in [0.15, 0.2) is 6.29 Å². The zero-order valence-corrected chi connectivity index (χ0v) is 8.90. The van der Waals surface area contributed by atoms with E-state index in [-0.39, 0.29) is 7.43 Å². The molecule has 0 aliphatic rings. The highest BCUT2D eigenvalue weighted by molar-refractivity contribution is 5.78. The maximum Gasteiger partial charge on any atom is 0.224 e. The molecule has 1 aromatic rings. The van der Waals surface area contributed by atoms with Crippen LogP contribution in [0.5, 0.6) is 11.6 Å². The number of aromatic nitrogens is 1. The summed E-state index contributed by atoms with van der Waals surface area (Å²) in [5.74, 6) is 0.851. The summed E-state index contributed by atoms with van der Waals surface area (Å²) in [4.78, 5) is 14.3. The van der Waals surface area contributed by atoms with Crippen LogP contribution in [0.15, 0.2) is 12.3 Å². The Kier molecular flexibility index (Phi) is 9.52.